The maximum Gasteiger partial charge on any atom is 0.332 e. The third-order valence-corrected chi connectivity index (χ3v) is 4.62. The third-order valence-electron chi connectivity index (χ3n) is 4.62. The van der Waals surface area contributed by atoms with Crippen molar-refractivity contribution >= 4 is 11.7 Å². The first-order valence-corrected chi connectivity index (χ1v) is 9.91. The van der Waals surface area contributed by atoms with Gasteiger partial charge in [0.1, 0.15) is 0 Å². The summed E-state index contributed by atoms with van der Waals surface area (Å²) >= 11 is 0. The van der Waals surface area contributed by atoms with Gasteiger partial charge in [0.25, 0.3) is 0 Å². The summed E-state index contributed by atoms with van der Waals surface area (Å²) in [4.78, 5) is 14.5. The molecular weight excluding hydrogens is 372 g/mol. The molecule has 0 aromatic heterocycles. The van der Waals surface area contributed by atoms with E-state index in [0.29, 0.717) is 25.3 Å². The van der Waals surface area contributed by atoms with Gasteiger partial charge in [-0.15, -0.1) is 0 Å². The van der Waals surface area contributed by atoms with Crippen molar-refractivity contribution < 1.29 is 9.53 Å². The molecule has 0 atom stereocenters. The first-order chi connectivity index (χ1) is 14.7. The molecule has 0 amide bonds. The largest absolute Gasteiger partial charge is 0.463 e. The number of benzene rings is 3. The van der Waals surface area contributed by atoms with Crippen LogP contribution in [0.4, 0.5) is 0 Å². The Morgan fingerprint density at radius 1 is 0.900 bits per heavy atom. The SMILES string of the molecule is CCOC(=O)/C=C(\c1ccc(C#N)cc1)N(Cc1ccccc1)Cc1ccccc1. The Kier molecular flexibility index (Phi) is 7.40. The van der Waals surface area contributed by atoms with Crippen molar-refractivity contribution in [2.75, 3.05) is 6.61 Å². The Balaban J connectivity index is 2.03. The summed E-state index contributed by atoms with van der Waals surface area (Å²) in [5, 5.41) is 9.13. The van der Waals surface area contributed by atoms with Gasteiger partial charge >= 0.3 is 5.97 Å². The summed E-state index contributed by atoms with van der Waals surface area (Å²) < 4.78 is 5.20. The van der Waals surface area contributed by atoms with Crippen LogP contribution in [0.3, 0.4) is 0 Å². The number of carbonyl (C=O) groups is 1. The van der Waals surface area contributed by atoms with E-state index in [2.05, 4.69) is 35.2 Å². The van der Waals surface area contributed by atoms with Crippen molar-refractivity contribution in [2.24, 2.45) is 0 Å². The first kappa shape index (κ1) is 20.9. The fraction of sp³-hybridized carbons (Fsp3) is 0.154. The lowest BCUT2D eigenvalue weighted by Crippen LogP contribution is -2.22. The van der Waals surface area contributed by atoms with Crippen LogP contribution >= 0.6 is 0 Å². The Morgan fingerprint density at radius 3 is 1.90 bits per heavy atom. The van der Waals surface area contributed by atoms with Gasteiger partial charge in [0.05, 0.1) is 23.9 Å². The number of ether oxygens (including phenoxy) is 1. The molecular formula is C26H24N2O2. The molecule has 30 heavy (non-hydrogen) atoms. The van der Waals surface area contributed by atoms with E-state index >= 15 is 0 Å². The molecule has 0 spiro atoms. The Morgan fingerprint density at radius 2 is 1.43 bits per heavy atom. The standard InChI is InChI=1S/C26H24N2O2/c1-2-30-26(29)17-25(24-15-13-21(18-27)14-16-24)28(19-22-9-5-3-6-10-22)20-23-11-7-4-8-12-23/h3-17H,2,19-20H2,1H3/b25-17+. The highest BCUT2D eigenvalue weighted by Crippen LogP contribution is 2.25. The summed E-state index contributed by atoms with van der Waals surface area (Å²) in [5.74, 6) is -0.386. The van der Waals surface area contributed by atoms with E-state index in [9.17, 15) is 4.79 Å². The normalized spacial score (nSPS) is 10.9. The minimum Gasteiger partial charge on any atom is -0.463 e. The molecule has 0 bridgehead atoms. The topological polar surface area (TPSA) is 53.3 Å². The molecule has 0 saturated carbocycles. The summed E-state index contributed by atoms with van der Waals surface area (Å²) in [6.45, 7) is 3.36. The molecule has 4 nitrogen and oxygen atoms in total. The van der Waals surface area contributed by atoms with E-state index in [-0.39, 0.29) is 5.97 Å². The second-order valence-corrected chi connectivity index (χ2v) is 6.80. The van der Waals surface area contributed by atoms with Crippen LogP contribution in [0.15, 0.2) is 91.0 Å². The molecule has 0 aliphatic rings. The minimum atomic E-state index is -0.386. The monoisotopic (exact) mass is 396 g/mol. The molecule has 4 heteroatoms. The van der Waals surface area contributed by atoms with Gasteiger partial charge in [-0.1, -0.05) is 72.8 Å². The van der Waals surface area contributed by atoms with Crippen molar-refractivity contribution in [1.29, 1.82) is 5.26 Å². The number of nitrogens with zero attached hydrogens (tertiary/aromatic N) is 2. The number of rotatable bonds is 8. The first-order valence-electron chi connectivity index (χ1n) is 9.91. The van der Waals surface area contributed by atoms with E-state index < -0.39 is 0 Å². The molecule has 0 unspecified atom stereocenters. The lowest BCUT2D eigenvalue weighted by molar-refractivity contribution is -0.137. The van der Waals surface area contributed by atoms with Crippen molar-refractivity contribution in [3.8, 4) is 6.07 Å². The average molecular weight is 396 g/mol. The molecule has 3 rings (SSSR count). The van der Waals surface area contributed by atoms with Gasteiger partial charge in [0, 0.05) is 19.2 Å². The average Bonchev–Trinajstić information content (AvgIpc) is 2.79. The summed E-state index contributed by atoms with van der Waals surface area (Å²) in [5.41, 5.74) is 4.46. The molecule has 0 radical (unpaired) electrons. The molecule has 0 saturated heterocycles. The van der Waals surface area contributed by atoms with Crippen LogP contribution in [0.1, 0.15) is 29.2 Å². The number of nitriles is 1. The highest BCUT2D eigenvalue weighted by atomic mass is 16.5. The lowest BCUT2D eigenvalue weighted by atomic mass is 10.1. The molecule has 0 fully saturated rings. The predicted molar refractivity (Wildman–Crippen MR) is 118 cm³/mol. The maximum atomic E-state index is 12.4. The Bertz CT molecular complexity index is 979. The fourth-order valence-electron chi connectivity index (χ4n) is 3.20. The van der Waals surface area contributed by atoms with Crippen LogP contribution < -0.4 is 0 Å². The highest BCUT2D eigenvalue weighted by Gasteiger charge is 2.16. The molecule has 0 N–H and O–H groups in total. The highest BCUT2D eigenvalue weighted by molar-refractivity contribution is 5.91. The van der Waals surface area contributed by atoms with Crippen molar-refractivity contribution in [2.45, 2.75) is 20.0 Å². The van der Waals surface area contributed by atoms with Gasteiger partial charge in [-0.25, -0.2) is 4.79 Å². The molecule has 3 aromatic rings. The molecule has 0 heterocycles. The van der Waals surface area contributed by atoms with E-state index in [4.69, 9.17) is 10.00 Å². The van der Waals surface area contributed by atoms with Gasteiger partial charge < -0.3 is 9.64 Å². The second kappa shape index (κ2) is 10.6. The quantitative estimate of drug-likeness (QED) is 0.390. The Labute approximate surface area is 177 Å². The maximum absolute atomic E-state index is 12.4. The van der Waals surface area contributed by atoms with Crippen molar-refractivity contribution in [3.05, 3.63) is 113 Å². The number of carbonyl (C=O) groups excluding carboxylic acids is 1. The molecule has 0 aliphatic heterocycles. The van der Waals surface area contributed by atoms with Gasteiger partial charge in [-0.3, -0.25) is 0 Å². The van der Waals surface area contributed by atoms with Crippen LogP contribution in [-0.4, -0.2) is 17.5 Å². The zero-order chi connectivity index (χ0) is 21.2. The molecule has 150 valence electrons. The van der Waals surface area contributed by atoms with E-state index in [1.165, 1.54) is 6.08 Å². The van der Waals surface area contributed by atoms with Crippen LogP contribution in [0.25, 0.3) is 5.70 Å². The lowest BCUT2D eigenvalue weighted by Gasteiger charge is -2.28. The van der Waals surface area contributed by atoms with Crippen LogP contribution in [0, 0.1) is 11.3 Å². The van der Waals surface area contributed by atoms with Gasteiger partial charge in [0.15, 0.2) is 0 Å². The van der Waals surface area contributed by atoms with Gasteiger partial charge in [-0.05, 0) is 35.7 Å². The van der Waals surface area contributed by atoms with Crippen molar-refractivity contribution in [1.82, 2.24) is 4.90 Å². The van der Waals surface area contributed by atoms with Gasteiger partial charge in [0.2, 0.25) is 0 Å². The number of esters is 1. The summed E-state index contributed by atoms with van der Waals surface area (Å²) in [6, 6.07) is 29.7. The van der Waals surface area contributed by atoms with E-state index in [0.717, 1.165) is 22.4 Å². The minimum absolute atomic E-state index is 0.313. The third kappa shape index (κ3) is 5.83. The molecule has 3 aromatic carbocycles. The second-order valence-electron chi connectivity index (χ2n) is 6.80. The molecule has 0 aliphatic carbocycles. The van der Waals surface area contributed by atoms with E-state index in [1.807, 2.05) is 48.5 Å². The zero-order valence-corrected chi connectivity index (χ0v) is 17.0. The number of hydrogen-bond donors (Lipinski definition) is 0. The predicted octanol–water partition coefficient (Wildman–Crippen LogP) is 5.16. The van der Waals surface area contributed by atoms with E-state index in [1.54, 1.807) is 19.1 Å². The van der Waals surface area contributed by atoms with Crippen LogP contribution in [0.2, 0.25) is 0 Å². The smallest absolute Gasteiger partial charge is 0.332 e. The van der Waals surface area contributed by atoms with Crippen LogP contribution in [-0.2, 0) is 22.6 Å². The Hall–Kier alpha value is -3.84. The zero-order valence-electron chi connectivity index (χ0n) is 17.0. The summed E-state index contributed by atoms with van der Waals surface area (Å²) in [6.07, 6.45) is 1.54. The number of hydrogen-bond acceptors (Lipinski definition) is 4. The van der Waals surface area contributed by atoms with Crippen molar-refractivity contribution in [3.63, 3.8) is 0 Å². The van der Waals surface area contributed by atoms with Gasteiger partial charge in [-0.2, -0.15) is 5.26 Å². The fourth-order valence-corrected chi connectivity index (χ4v) is 3.20. The van der Waals surface area contributed by atoms with Crippen LogP contribution in [0.5, 0.6) is 0 Å². The summed E-state index contributed by atoms with van der Waals surface area (Å²) in [7, 11) is 0.